The van der Waals surface area contributed by atoms with Crippen molar-refractivity contribution in [2.75, 3.05) is 0 Å². The number of fused-ring (bicyclic) bond motifs is 2. The Morgan fingerprint density at radius 1 is 0.500 bits per heavy atom. The summed E-state index contributed by atoms with van der Waals surface area (Å²) >= 11 is 0. The number of phenolic OH excluding ortho intramolecular Hbond substituents is 2. The minimum Gasteiger partial charge on any atom is -1.00 e. The molecule has 5 rings (SSSR count). The van der Waals surface area contributed by atoms with Gasteiger partial charge in [0.1, 0.15) is 0 Å². The zero-order chi connectivity index (χ0) is 20.5. The highest BCUT2D eigenvalue weighted by Gasteiger charge is 2.15. The van der Waals surface area contributed by atoms with Gasteiger partial charge in [-0.3, -0.25) is 0 Å². The number of rotatable bonds is 4. The molecule has 4 nitrogen and oxygen atoms in total. The molecule has 0 spiro atoms. The van der Waals surface area contributed by atoms with Crippen LogP contribution in [0.3, 0.4) is 0 Å². The number of hydrogen-bond donors (Lipinski definition) is 2. The molecule has 0 aliphatic heterocycles. The van der Waals surface area contributed by atoms with Gasteiger partial charge in [0.05, 0.1) is 10.8 Å². The summed E-state index contributed by atoms with van der Waals surface area (Å²) in [6, 6.07) is 27.7. The van der Waals surface area contributed by atoms with Crippen molar-refractivity contribution in [3.8, 4) is 11.5 Å². The van der Waals surface area contributed by atoms with E-state index in [1.54, 1.807) is 12.1 Å². The van der Waals surface area contributed by atoms with Crippen LogP contribution in [0.1, 0.15) is 11.1 Å². The lowest BCUT2D eigenvalue weighted by atomic mass is 10.1. The topological polar surface area (TPSA) is 48.2 Å². The van der Waals surface area contributed by atoms with Crippen LogP contribution in [0.25, 0.3) is 21.8 Å². The molecule has 162 valence electrons. The van der Waals surface area contributed by atoms with Gasteiger partial charge in [0.15, 0.2) is 37.0 Å². The zero-order valence-corrected chi connectivity index (χ0v) is 20.4. The van der Waals surface area contributed by atoms with Gasteiger partial charge >= 0.3 is 0 Å². The van der Waals surface area contributed by atoms with Gasteiger partial charge in [-0.2, -0.15) is 9.13 Å². The average molecular weight is 554 g/mol. The van der Waals surface area contributed by atoms with Crippen LogP contribution in [-0.2, 0) is 13.1 Å². The largest absolute Gasteiger partial charge is 1.00 e. The van der Waals surface area contributed by atoms with E-state index in [9.17, 15) is 10.2 Å². The fourth-order valence-corrected chi connectivity index (χ4v) is 4.05. The Kier molecular flexibility index (Phi) is 7.48. The molecule has 0 saturated carbocycles. The third-order valence-electron chi connectivity index (χ3n) is 5.48. The fraction of sp³-hybridized carbons (Fsp3) is 0.0769. The monoisotopic (exact) mass is 552 g/mol. The lowest BCUT2D eigenvalue weighted by Crippen LogP contribution is -3.00. The Morgan fingerprint density at radius 3 is 1.28 bits per heavy atom. The van der Waals surface area contributed by atoms with Gasteiger partial charge < -0.3 is 44.2 Å². The van der Waals surface area contributed by atoms with Crippen LogP contribution in [0.2, 0.25) is 0 Å². The number of hydrogen-bond acceptors (Lipinski definition) is 2. The van der Waals surface area contributed by atoms with Gasteiger partial charge in [-0.25, -0.2) is 0 Å². The van der Waals surface area contributed by atoms with Crippen molar-refractivity contribution in [2.24, 2.45) is 0 Å². The highest BCUT2D eigenvalue weighted by Crippen LogP contribution is 2.22. The number of pyridine rings is 2. The van der Waals surface area contributed by atoms with E-state index in [1.165, 1.54) is 0 Å². The highest BCUT2D eigenvalue weighted by molar-refractivity contribution is 5.81. The first kappa shape index (κ1) is 23.7. The van der Waals surface area contributed by atoms with Gasteiger partial charge in [0.2, 0.25) is 0 Å². The van der Waals surface area contributed by atoms with E-state index in [1.807, 2.05) is 60.9 Å². The summed E-state index contributed by atoms with van der Waals surface area (Å²) in [7, 11) is 0. The van der Waals surface area contributed by atoms with Crippen LogP contribution in [0.4, 0.5) is 0 Å². The quantitative estimate of drug-likeness (QED) is 0.255. The summed E-state index contributed by atoms with van der Waals surface area (Å²) in [5.74, 6) is 0.578. The van der Waals surface area contributed by atoms with E-state index in [4.69, 9.17) is 0 Å². The van der Waals surface area contributed by atoms with Crippen molar-refractivity contribution in [3.63, 3.8) is 0 Å². The SMILES string of the molecule is Oc1cccc2ccc[n+](Cc3ccc(C[n+]4cccc5cccc(O)c54)cc3)c12.[Br-].[Br-]. The van der Waals surface area contributed by atoms with E-state index in [0.29, 0.717) is 13.1 Å². The molecule has 0 amide bonds. The van der Waals surface area contributed by atoms with Crippen LogP contribution in [0, 0.1) is 0 Å². The predicted molar refractivity (Wildman–Crippen MR) is 116 cm³/mol. The van der Waals surface area contributed by atoms with Crippen molar-refractivity contribution in [3.05, 3.63) is 108 Å². The summed E-state index contributed by atoms with van der Waals surface area (Å²) in [6.07, 6.45) is 3.98. The summed E-state index contributed by atoms with van der Waals surface area (Å²) in [5, 5.41) is 22.6. The normalized spacial score (nSPS) is 10.5. The van der Waals surface area contributed by atoms with E-state index < -0.39 is 0 Å². The van der Waals surface area contributed by atoms with Gasteiger partial charge in [0.25, 0.3) is 11.0 Å². The molecule has 3 aromatic carbocycles. The molecule has 2 aromatic heterocycles. The lowest BCUT2D eigenvalue weighted by Gasteiger charge is -2.05. The van der Waals surface area contributed by atoms with Crippen LogP contribution in [-0.4, -0.2) is 10.2 Å². The smallest absolute Gasteiger partial charge is 0.254 e. The Balaban J connectivity index is 0.00000144. The van der Waals surface area contributed by atoms with Crippen LogP contribution in [0.15, 0.2) is 97.3 Å². The average Bonchev–Trinajstić information content (AvgIpc) is 2.76. The number of aromatic nitrogens is 2. The molecule has 0 aliphatic carbocycles. The molecule has 5 aromatic rings. The van der Waals surface area contributed by atoms with Crippen molar-refractivity contribution in [2.45, 2.75) is 13.1 Å². The van der Waals surface area contributed by atoms with E-state index in [-0.39, 0.29) is 45.5 Å². The number of nitrogens with zero attached hydrogens (tertiary/aromatic N) is 2. The van der Waals surface area contributed by atoms with E-state index in [0.717, 1.165) is 32.9 Å². The molecule has 2 N–H and O–H groups in total. The van der Waals surface area contributed by atoms with Crippen LogP contribution >= 0.6 is 0 Å². The molecule has 0 aliphatic rings. The maximum atomic E-state index is 10.3. The maximum absolute atomic E-state index is 10.3. The zero-order valence-electron chi connectivity index (χ0n) is 17.2. The van der Waals surface area contributed by atoms with Gasteiger partial charge in [-0.15, -0.1) is 0 Å². The first-order valence-corrected chi connectivity index (χ1v) is 9.97. The second-order valence-electron chi connectivity index (χ2n) is 7.52. The third-order valence-corrected chi connectivity index (χ3v) is 5.48. The fourth-order valence-electron chi connectivity index (χ4n) is 4.05. The van der Waals surface area contributed by atoms with E-state index >= 15 is 0 Å². The standard InChI is InChI=1S/C26H20N2O2.2BrH/c29-23-9-1-5-21-7-3-15-27(25(21)23)17-19-11-13-20(14-12-19)18-28-16-4-8-22-6-2-10-24(30)26(22)28;;/h1-16H,17-18H2;2*1H. The van der Waals surface area contributed by atoms with Gasteiger partial charge in [-0.05, 0) is 36.4 Å². The molecule has 0 radical (unpaired) electrons. The Bertz CT molecular complexity index is 1260. The predicted octanol–water partition coefficient (Wildman–Crippen LogP) is -1.92. The second kappa shape index (κ2) is 10.1. The van der Waals surface area contributed by atoms with Crippen molar-refractivity contribution < 1.29 is 53.3 Å². The number of para-hydroxylation sites is 2. The second-order valence-corrected chi connectivity index (χ2v) is 7.52. The van der Waals surface area contributed by atoms with Crippen molar-refractivity contribution in [1.82, 2.24) is 0 Å². The molecular weight excluding hydrogens is 532 g/mol. The number of halogens is 2. The van der Waals surface area contributed by atoms with Crippen LogP contribution in [0.5, 0.6) is 11.5 Å². The molecule has 0 bridgehead atoms. The summed E-state index contributed by atoms with van der Waals surface area (Å²) in [5.41, 5.74) is 3.99. The van der Waals surface area contributed by atoms with Crippen molar-refractivity contribution in [1.29, 1.82) is 0 Å². The minimum absolute atomic E-state index is 0. The minimum atomic E-state index is 0. The maximum Gasteiger partial charge on any atom is 0.254 e. The first-order valence-electron chi connectivity index (χ1n) is 9.97. The number of aromatic hydroxyl groups is 2. The van der Waals surface area contributed by atoms with Crippen LogP contribution < -0.4 is 43.1 Å². The Morgan fingerprint density at radius 2 is 0.875 bits per heavy atom. The Labute approximate surface area is 207 Å². The summed E-state index contributed by atoms with van der Waals surface area (Å²) in [6.45, 7) is 1.36. The molecular formula is C26H22Br2N2O2. The molecule has 0 fully saturated rings. The first-order chi connectivity index (χ1) is 14.7. The lowest BCUT2D eigenvalue weighted by molar-refractivity contribution is -0.663. The Hall–Kier alpha value is -2.96. The van der Waals surface area contributed by atoms with E-state index in [2.05, 4.69) is 33.4 Å². The number of phenols is 2. The summed E-state index contributed by atoms with van der Waals surface area (Å²) < 4.78 is 4.13. The van der Waals surface area contributed by atoms with Crippen molar-refractivity contribution >= 4 is 21.8 Å². The third kappa shape index (κ3) is 4.61. The molecule has 2 heterocycles. The van der Waals surface area contributed by atoms with Gasteiger partial charge in [-0.1, -0.05) is 36.4 Å². The molecule has 6 heteroatoms. The highest BCUT2D eigenvalue weighted by atomic mass is 79.9. The van der Waals surface area contributed by atoms with Gasteiger partial charge in [0, 0.05) is 23.3 Å². The molecule has 0 saturated heterocycles. The number of benzene rings is 3. The molecule has 32 heavy (non-hydrogen) atoms. The molecule has 0 unspecified atom stereocenters. The summed E-state index contributed by atoms with van der Waals surface area (Å²) in [4.78, 5) is 0. The molecule has 0 atom stereocenters.